The SMILES string of the molecule is CCOC(=O)N1CCN(c2nccn3c(C4CC4)nnc23)CC1. The normalized spacial score (nSPS) is 18.5. The van der Waals surface area contributed by atoms with Crippen LogP contribution in [0.5, 0.6) is 0 Å². The van der Waals surface area contributed by atoms with Crippen molar-refractivity contribution in [3.63, 3.8) is 0 Å². The van der Waals surface area contributed by atoms with Crippen molar-refractivity contribution in [3.8, 4) is 0 Å². The Kier molecular flexibility index (Phi) is 3.51. The fourth-order valence-electron chi connectivity index (χ4n) is 2.99. The first-order chi connectivity index (χ1) is 11.3. The van der Waals surface area contributed by atoms with Crippen LogP contribution in [0.15, 0.2) is 12.4 Å². The summed E-state index contributed by atoms with van der Waals surface area (Å²) in [4.78, 5) is 20.2. The third-order valence-corrected chi connectivity index (χ3v) is 4.38. The van der Waals surface area contributed by atoms with E-state index in [2.05, 4.69) is 24.5 Å². The molecule has 1 amide bonds. The molecule has 2 aromatic heterocycles. The van der Waals surface area contributed by atoms with E-state index in [1.807, 2.05) is 13.1 Å². The Morgan fingerprint density at radius 1 is 1.26 bits per heavy atom. The highest BCUT2D eigenvalue weighted by Gasteiger charge is 2.30. The highest BCUT2D eigenvalue weighted by molar-refractivity contribution is 5.69. The molecule has 23 heavy (non-hydrogen) atoms. The fraction of sp³-hybridized carbons (Fsp3) is 0.600. The first kappa shape index (κ1) is 14.2. The Bertz CT molecular complexity index is 718. The molecule has 2 aromatic rings. The summed E-state index contributed by atoms with van der Waals surface area (Å²) in [6.07, 6.45) is 5.88. The predicted octanol–water partition coefficient (Wildman–Crippen LogP) is 1.28. The summed E-state index contributed by atoms with van der Waals surface area (Å²) in [5.41, 5.74) is 0.805. The van der Waals surface area contributed by atoms with Crippen molar-refractivity contribution in [3.05, 3.63) is 18.2 Å². The molecule has 4 rings (SSSR count). The van der Waals surface area contributed by atoms with E-state index in [9.17, 15) is 4.79 Å². The number of hydrogen-bond acceptors (Lipinski definition) is 6. The monoisotopic (exact) mass is 316 g/mol. The molecule has 1 aliphatic carbocycles. The largest absolute Gasteiger partial charge is 0.450 e. The van der Waals surface area contributed by atoms with Crippen molar-refractivity contribution in [2.45, 2.75) is 25.7 Å². The van der Waals surface area contributed by atoms with Gasteiger partial charge < -0.3 is 14.5 Å². The van der Waals surface area contributed by atoms with Gasteiger partial charge in [0.2, 0.25) is 5.65 Å². The van der Waals surface area contributed by atoms with Crippen LogP contribution in [0.25, 0.3) is 5.65 Å². The lowest BCUT2D eigenvalue weighted by Gasteiger charge is -2.34. The minimum Gasteiger partial charge on any atom is -0.450 e. The van der Waals surface area contributed by atoms with Gasteiger partial charge >= 0.3 is 6.09 Å². The predicted molar refractivity (Wildman–Crippen MR) is 83.6 cm³/mol. The second kappa shape index (κ2) is 5.68. The second-order valence-corrected chi connectivity index (χ2v) is 5.95. The molecule has 0 spiro atoms. The molecule has 1 aliphatic heterocycles. The van der Waals surface area contributed by atoms with Crippen LogP contribution in [0.2, 0.25) is 0 Å². The lowest BCUT2D eigenvalue weighted by Crippen LogP contribution is -2.49. The van der Waals surface area contributed by atoms with Crippen LogP contribution in [-0.2, 0) is 4.74 Å². The molecule has 2 aliphatic rings. The summed E-state index contributed by atoms with van der Waals surface area (Å²) < 4.78 is 7.11. The molecule has 0 N–H and O–H groups in total. The van der Waals surface area contributed by atoms with Crippen molar-refractivity contribution >= 4 is 17.6 Å². The second-order valence-electron chi connectivity index (χ2n) is 5.95. The van der Waals surface area contributed by atoms with E-state index in [1.54, 1.807) is 11.1 Å². The molecule has 3 heterocycles. The third kappa shape index (κ3) is 2.58. The zero-order valence-electron chi connectivity index (χ0n) is 13.2. The van der Waals surface area contributed by atoms with Crippen LogP contribution in [0.1, 0.15) is 31.5 Å². The smallest absolute Gasteiger partial charge is 0.409 e. The molecule has 1 saturated carbocycles. The van der Waals surface area contributed by atoms with Gasteiger partial charge in [0.05, 0.1) is 6.61 Å². The first-order valence-electron chi connectivity index (χ1n) is 8.14. The standard InChI is InChI=1S/C15H20N6O2/c1-2-23-15(22)20-9-7-19(8-10-20)13-14-18-17-12(11-3-4-11)21(14)6-5-16-13/h5-6,11H,2-4,7-10H2,1H3. The number of hydrogen-bond donors (Lipinski definition) is 0. The van der Waals surface area contributed by atoms with E-state index in [4.69, 9.17) is 4.74 Å². The van der Waals surface area contributed by atoms with Gasteiger partial charge in [-0.25, -0.2) is 9.78 Å². The average molecular weight is 316 g/mol. The number of ether oxygens (including phenoxy) is 1. The Hall–Kier alpha value is -2.38. The van der Waals surface area contributed by atoms with Gasteiger partial charge in [-0.3, -0.25) is 4.40 Å². The van der Waals surface area contributed by atoms with Crippen molar-refractivity contribution in [1.82, 2.24) is 24.5 Å². The number of carbonyl (C=O) groups excluding carboxylic acids is 1. The van der Waals surface area contributed by atoms with Gasteiger partial charge in [0.15, 0.2) is 5.82 Å². The van der Waals surface area contributed by atoms with Gasteiger partial charge in [0.25, 0.3) is 0 Å². The van der Waals surface area contributed by atoms with Crippen LogP contribution in [-0.4, -0.2) is 63.4 Å². The maximum absolute atomic E-state index is 11.8. The number of anilines is 1. The fourth-order valence-corrected chi connectivity index (χ4v) is 2.99. The molecule has 122 valence electrons. The molecule has 8 nitrogen and oxygen atoms in total. The molecule has 0 atom stereocenters. The van der Waals surface area contributed by atoms with Crippen LogP contribution in [0.4, 0.5) is 10.6 Å². The van der Waals surface area contributed by atoms with E-state index in [-0.39, 0.29) is 6.09 Å². The first-order valence-corrected chi connectivity index (χ1v) is 8.14. The Balaban J connectivity index is 1.53. The number of fused-ring (bicyclic) bond motifs is 1. The highest BCUT2D eigenvalue weighted by Crippen LogP contribution is 2.39. The lowest BCUT2D eigenvalue weighted by atomic mass is 10.3. The van der Waals surface area contributed by atoms with Gasteiger partial charge in [-0.1, -0.05) is 0 Å². The molecule has 0 bridgehead atoms. The Morgan fingerprint density at radius 2 is 2.04 bits per heavy atom. The number of nitrogens with zero attached hydrogens (tertiary/aromatic N) is 6. The summed E-state index contributed by atoms with van der Waals surface area (Å²) in [5.74, 6) is 2.42. The molecular weight excluding hydrogens is 296 g/mol. The molecule has 0 radical (unpaired) electrons. The maximum atomic E-state index is 11.8. The topological polar surface area (TPSA) is 75.9 Å². The van der Waals surface area contributed by atoms with Gasteiger partial charge in [-0.2, -0.15) is 0 Å². The van der Waals surface area contributed by atoms with Crippen molar-refractivity contribution in [2.24, 2.45) is 0 Å². The van der Waals surface area contributed by atoms with E-state index < -0.39 is 0 Å². The summed E-state index contributed by atoms with van der Waals surface area (Å²) >= 11 is 0. The van der Waals surface area contributed by atoms with Crippen LogP contribution in [0.3, 0.4) is 0 Å². The number of rotatable bonds is 3. The molecule has 8 heteroatoms. The summed E-state index contributed by atoms with van der Waals surface area (Å²) in [5, 5.41) is 8.68. The van der Waals surface area contributed by atoms with E-state index >= 15 is 0 Å². The molecule has 1 saturated heterocycles. The molecule has 0 unspecified atom stereocenters. The molecular formula is C15H20N6O2. The molecule has 2 fully saturated rings. The zero-order chi connectivity index (χ0) is 15.8. The number of carbonyl (C=O) groups is 1. The quantitative estimate of drug-likeness (QED) is 0.849. The summed E-state index contributed by atoms with van der Waals surface area (Å²) in [6.45, 7) is 4.93. The van der Waals surface area contributed by atoms with E-state index in [0.717, 1.165) is 30.4 Å². The van der Waals surface area contributed by atoms with Gasteiger partial charge in [0.1, 0.15) is 5.82 Å². The van der Waals surface area contributed by atoms with Crippen LogP contribution in [0, 0.1) is 0 Å². The zero-order valence-corrected chi connectivity index (χ0v) is 13.2. The van der Waals surface area contributed by atoms with Gasteiger partial charge in [-0.15, -0.1) is 10.2 Å². The van der Waals surface area contributed by atoms with E-state index in [0.29, 0.717) is 25.6 Å². The minimum absolute atomic E-state index is 0.239. The van der Waals surface area contributed by atoms with Gasteiger partial charge in [-0.05, 0) is 19.8 Å². The van der Waals surface area contributed by atoms with Crippen LogP contribution < -0.4 is 4.90 Å². The lowest BCUT2D eigenvalue weighted by molar-refractivity contribution is 0.105. The summed E-state index contributed by atoms with van der Waals surface area (Å²) in [7, 11) is 0. The maximum Gasteiger partial charge on any atom is 0.409 e. The van der Waals surface area contributed by atoms with E-state index in [1.165, 1.54) is 12.8 Å². The third-order valence-electron chi connectivity index (χ3n) is 4.38. The van der Waals surface area contributed by atoms with Crippen molar-refractivity contribution in [2.75, 3.05) is 37.7 Å². The van der Waals surface area contributed by atoms with Crippen LogP contribution >= 0.6 is 0 Å². The van der Waals surface area contributed by atoms with Gasteiger partial charge in [0, 0.05) is 44.5 Å². The molecule has 0 aromatic carbocycles. The number of piperazine rings is 1. The summed E-state index contributed by atoms with van der Waals surface area (Å²) in [6, 6.07) is 0. The Labute approximate surface area is 134 Å². The number of aromatic nitrogens is 4. The Morgan fingerprint density at radius 3 is 2.74 bits per heavy atom. The average Bonchev–Trinajstić information content (AvgIpc) is 3.34. The minimum atomic E-state index is -0.239. The van der Waals surface area contributed by atoms with Crippen molar-refractivity contribution < 1.29 is 9.53 Å². The highest BCUT2D eigenvalue weighted by atomic mass is 16.6. The van der Waals surface area contributed by atoms with Crippen molar-refractivity contribution in [1.29, 1.82) is 0 Å². The number of amides is 1.